The molecule has 0 spiro atoms. The minimum atomic E-state index is -0.442. The summed E-state index contributed by atoms with van der Waals surface area (Å²) in [5, 5.41) is 4.65. The first-order valence-corrected chi connectivity index (χ1v) is 10.4. The smallest absolute Gasteiger partial charge is 0.219 e. The fourth-order valence-corrected chi connectivity index (χ4v) is 3.18. The second-order valence-electron chi connectivity index (χ2n) is 8.04. The Morgan fingerprint density at radius 3 is 2.41 bits per heavy atom. The molecule has 0 radical (unpaired) electrons. The number of aromatic nitrogens is 4. The van der Waals surface area contributed by atoms with Gasteiger partial charge in [-0.25, -0.2) is 19.0 Å². The van der Waals surface area contributed by atoms with Crippen LogP contribution >= 0.6 is 0 Å². The molecule has 4 aromatic rings. The van der Waals surface area contributed by atoms with Gasteiger partial charge in [-0.3, -0.25) is 0 Å². The molecule has 164 valence electrons. The van der Waals surface area contributed by atoms with Crippen molar-refractivity contribution < 1.29 is 13.9 Å². The summed E-state index contributed by atoms with van der Waals surface area (Å²) in [4.78, 5) is 9.10. The van der Waals surface area contributed by atoms with Gasteiger partial charge in [0.15, 0.2) is 5.82 Å². The number of para-hydroxylation sites is 1. The number of rotatable bonds is 8. The second-order valence-corrected chi connectivity index (χ2v) is 8.04. The fourth-order valence-electron chi connectivity index (χ4n) is 3.18. The molecule has 0 amide bonds. The van der Waals surface area contributed by atoms with Crippen molar-refractivity contribution >= 4 is 0 Å². The monoisotopic (exact) mass is 432 g/mol. The number of hydrogen-bond acceptors (Lipinski definition) is 5. The highest BCUT2D eigenvalue weighted by atomic mass is 19.1. The van der Waals surface area contributed by atoms with Gasteiger partial charge in [-0.15, -0.1) is 0 Å². The Labute approximate surface area is 186 Å². The van der Waals surface area contributed by atoms with E-state index in [0.29, 0.717) is 35.3 Å². The average Bonchev–Trinajstić information content (AvgIpc) is 3.18. The normalized spacial score (nSPS) is 11.5. The van der Waals surface area contributed by atoms with Crippen LogP contribution in [0.15, 0.2) is 72.9 Å². The highest BCUT2D eigenvalue weighted by Crippen LogP contribution is 2.24. The lowest BCUT2D eigenvalue weighted by atomic mass is 10.0. The zero-order chi connectivity index (χ0) is 22.6. The van der Waals surface area contributed by atoms with Gasteiger partial charge in [-0.05, 0) is 38.1 Å². The Balaban J connectivity index is 1.62. The molecule has 0 aliphatic rings. The maximum absolute atomic E-state index is 14.3. The number of halogens is 1. The predicted molar refractivity (Wildman–Crippen MR) is 120 cm³/mol. The lowest BCUT2D eigenvalue weighted by Gasteiger charge is -2.22. The summed E-state index contributed by atoms with van der Waals surface area (Å²) < 4.78 is 27.3. The van der Waals surface area contributed by atoms with Crippen molar-refractivity contribution in [2.24, 2.45) is 0 Å². The van der Waals surface area contributed by atoms with Crippen LogP contribution < -0.4 is 4.74 Å². The van der Waals surface area contributed by atoms with Gasteiger partial charge in [0, 0.05) is 36.9 Å². The maximum atomic E-state index is 14.3. The van der Waals surface area contributed by atoms with Gasteiger partial charge in [-0.1, -0.05) is 36.4 Å². The van der Waals surface area contributed by atoms with Gasteiger partial charge >= 0.3 is 0 Å². The molecule has 0 aliphatic carbocycles. The van der Waals surface area contributed by atoms with Crippen LogP contribution in [0.5, 0.6) is 11.6 Å². The molecule has 2 heterocycles. The summed E-state index contributed by atoms with van der Waals surface area (Å²) >= 11 is 0. The van der Waals surface area contributed by atoms with Crippen LogP contribution in [0, 0.1) is 5.82 Å². The van der Waals surface area contributed by atoms with Crippen molar-refractivity contribution in [3.05, 3.63) is 90.1 Å². The molecular weight excluding hydrogens is 407 g/mol. The Morgan fingerprint density at radius 1 is 0.969 bits per heavy atom. The summed E-state index contributed by atoms with van der Waals surface area (Å²) in [5.74, 6) is 2.14. The molecule has 2 aromatic heterocycles. The Bertz CT molecular complexity index is 1170. The molecule has 4 rings (SSSR count). The van der Waals surface area contributed by atoms with Crippen molar-refractivity contribution in [3.63, 3.8) is 0 Å². The third-order valence-electron chi connectivity index (χ3n) is 5.12. The topological polar surface area (TPSA) is 62.1 Å². The van der Waals surface area contributed by atoms with E-state index in [1.807, 2.05) is 56.3 Å². The first kappa shape index (κ1) is 21.6. The molecule has 0 aliphatic heterocycles. The van der Waals surface area contributed by atoms with Crippen LogP contribution in [0.25, 0.3) is 11.4 Å². The number of benzene rings is 2. The Morgan fingerprint density at radius 2 is 1.72 bits per heavy atom. The van der Waals surface area contributed by atoms with Crippen molar-refractivity contribution in [1.82, 2.24) is 19.7 Å². The van der Waals surface area contributed by atoms with Crippen LogP contribution in [0.1, 0.15) is 25.2 Å². The van der Waals surface area contributed by atoms with Gasteiger partial charge in [0.1, 0.15) is 17.4 Å². The van der Waals surface area contributed by atoms with Crippen molar-refractivity contribution in [3.8, 4) is 23.0 Å². The van der Waals surface area contributed by atoms with E-state index in [-0.39, 0.29) is 12.4 Å². The zero-order valence-corrected chi connectivity index (χ0v) is 18.3. The molecule has 0 fully saturated rings. The SMILES string of the molecule is COC(C)(C)Cc1nc(-c2ccc(Oc3ccccc3)nc2)nn1Cc1ccccc1F. The summed E-state index contributed by atoms with van der Waals surface area (Å²) in [6.07, 6.45) is 2.19. The van der Waals surface area contributed by atoms with Crippen LogP contribution in [0.3, 0.4) is 0 Å². The molecule has 0 atom stereocenters. The zero-order valence-electron chi connectivity index (χ0n) is 18.3. The molecule has 6 nitrogen and oxygen atoms in total. The second kappa shape index (κ2) is 9.28. The van der Waals surface area contributed by atoms with Gasteiger partial charge < -0.3 is 9.47 Å². The fraction of sp³-hybridized carbons (Fsp3) is 0.240. The van der Waals surface area contributed by atoms with Crippen LogP contribution in [0.4, 0.5) is 4.39 Å². The molecule has 32 heavy (non-hydrogen) atoms. The standard InChI is InChI=1S/C25H25FN4O2/c1-25(2,31-3)15-22-28-24(29-30(22)17-19-9-7-8-12-21(19)26)18-13-14-23(27-16-18)32-20-10-5-4-6-11-20/h4-14,16H,15,17H2,1-3H3. The minimum Gasteiger partial charge on any atom is -0.439 e. The number of methoxy groups -OCH3 is 1. The maximum Gasteiger partial charge on any atom is 0.219 e. The van der Waals surface area contributed by atoms with Gasteiger partial charge in [0.2, 0.25) is 5.88 Å². The highest BCUT2D eigenvalue weighted by molar-refractivity contribution is 5.53. The largest absolute Gasteiger partial charge is 0.439 e. The minimum absolute atomic E-state index is 0.273. The summed E-state index contributed by atoms with van der Waals surface area (Å²) in [7, 11) is 1.66. The lowest BCUT2D eigenvalue weighted by Crippen LogP contribution is -2.27. The van der Waals surface area contributed by atoms with Crippen LogP contribution in [-0.4, -0.2) is 32.5 Å². The molecular formula is C25H25FN4O2. The van der Waals surface area contributed by atoms with Crippen molar-refractivity contribution in [2.45, 2.75) is 32.4 Å². The molecule has 0 unspecified atom stereocenters. The van der Waals surface area contributed by atoms with Crippen molar-refractivity contribution in [2.75, 3.05) is 7.11 Å². The van der Waals surface area contributed by atoms with E-state index in [1.54, 1.807) is 36.2 Å². The van der Waals surface area contributed by atoms with E-state index in [1.165, 1.54) is 6.07 Å². The highest BCUT2D eigenvalue weighted by Gasteiger charge is 2.23. The van der Waals surface area contributed by atoms with E-state index in [9.17, 15) is 4.39 Å². The third kappa shape index (κ3) is 5.18. The summed E-state index contributed by atoms with van der Waals surface area (Å²) in [6.45, 7) is 4.23. The van der Waals surface area contributed by atoms with E-state index < -0.39 is 5.60 Å². The van der Waals surface area contributed by atoms with E-state index in [0.717, 1.165) is 5.56 Å². The van der Waals surface area contributed by atoms with Gasteiger partial charge in [0.25, 0.3) is 0 Å². The first-order valence-electron chi connectivity index (χ1n) is 10.4. The quantitative estimate of drug-likeness (QED) is 0.379. The summed E-state index contributed by atoms with van der Waals surface area (Å²) in [6, 6.07) is 19.8. The first-order chi connectivity index (χ1) is 15.4. The predicted octanol–water partition coefficient (Wildman–Crippen LogP) is 5.29. The molecule has 2 aromatic carbocycles. The molecule has 0 saturated carbocycles. The van der Waals surface area contributed by atoms with E-state index in [2.05, 4.69) is 10.1 Å². The third-order valence-corrected chi connectivity index (χ3v) is 5.12. The summed E-state index contributed by atoms with van der Waals surface area (Å²) in [5.41, 5.74) is 0.849. The molecule has 0 bridgehead atoms. The number of ether oxygens (including phenoxy) is 2. The van der Waals surface area contributed by atoms with Crippen LogP contribution in [-0.2, 0) is 17.7 Å². The lowest BCUT2D eigenvalue weighted by molar-refractivity contribution is 0.0208. The van der Waals surface area contributed by atoms with Gasteiger partial charge in [-0.2, -0.15) is 5.10 Å². The number of nitrogens with zero attached hydrogens (tertiary/aromatic N) is 4. The molecule has 0 N–H and O–H groups in total. The Kier molecular flexibility index (Phi) is 6.28. The molecule has 7 heteroatoms. The number of pyridine rings is 1. The van der Waals surface area contributed by atoms with E-state index in [4.69, 9.17) is 14.5 Å². The molecule has 0 saturated heterocycles. The van der Waals surface area contributed by atoms with Crippen LogP contribution in [0.2, 0.25) is 0 Å². The average molecular weight is 432 g/mol. The van der Waals surface area contributed by atoms with Crippen molar-refractivity contribution in [1.29, 1.82) is 0 Å². The van der Waals surface area contributed by atoms with E-state index >= 15 is 0 Å². The number of hydrogen-bond donors (Lipinski definition) is 0. The van der Waals surface area contributed by atoms with Gasteiger partial charge in [0.05, 0.1) is 12.1 Å². The Hall–Kier alpha value is -3.58.